The molecule has 2 atom stereocenters. The van der Waals surface area contributed by atoms with Crippen LogP contribution in [0.2, 0.25) is 0 Å². The molecular weight excluding hydrogens is 136 g/mol. The molecule has 0 N–H and O–H groups in total. The summed E-state index contributed by atoms with van der Waals surface area (Å²) in [5, 5.41) is 0. The monoisotopic (exact) mass is 156 g/mol. The van der Waals surface area contributed by atoms with Gasteiger partial charge < -0.3 is 4.74 Å². The minimum absolute atomic E-state index is 0.507. The molecule has 66 valence electrons. The summed E-state index contributed by atoms with van der Waals surface area (Å²) in [5.74, 6) is 0.783. The molecule has 0 aromatic rings. The first-order valence-corrected chi connectivity index (χ1v) is 4.84. The van der Waals surface area contributed by atoms with Crippen LogP contribution in [0.25, 0.3) is 0 Å². The van der Waals surface area contributed by atoms with E-state index >= 15 is 0 Å². The Morgan fingerprint density at radius 3 is 2.64 bits per heavy atom. The minimum atomic E-state index is 0.507. The fourth-order valence-electron chi connectivity index (χ4n) is 1.80. The molecule has 1 nitrogen and oxygen atoms in total. The van der Waals surface area contributed by atoms with E-state index in [2.05, 4.69) is 20.8 Å². The smallest absolute Gasteiger partial charge is 0.0581 e. The average Bonchev–Trinajstić information content (AvgIpc) is 1.85. The Labute approximate surface area is 70.1 Å². The molecule has 11 heavy (non-hydrogen) atoms. The lowest BCUT2D eigenvalue weighted by atomic mass is 9.97. The maximum Gasteiger partial charge on any atom is 0.0581 e. The van der Waals surface area contributed by atoms with Crippen molar-refractivity contribution in [1.29, 1.82) is 0 Å². The van der Waals surface area contributed by atoms with E-state index in [1.807, 2.05) is 0 Å². The highest BCUT2D eigenvalue weighted by Crippen LogP contribution is 2.23. The minimum Gasteiger partial charge on any atom is -0.375 e. The van der Waals surface area contributed by atoms with Crippen LogP contribution in [0.5, 0.6) is 0 Å². The third-order valence-corrected chi connectivity index (χ3v) is 2.30. The van der Waals surface area contributed by atoms with Gasteiger partial charge in [0.25, 0.3) is 0 Å². The summed E-state index contributed by atoms with van der Waals surface area (Å²) < 4.78 is 5.80. The lowest BCUT2D eigenvalue weighted by Gasteiger charge is -2.28. The van der Waals surface area contributed by atoms with Gasteiger partial charge in [-0.25, -0.2) is 0 Å². The Morgan fingerprint density at radius 2 is 2.09 bits per heavy atom. The number of hydrogen-bond donors (Lipinski definition) is 0. The maximum absolute atomic E-state index is 5.80. The van der Waals surface area contributed by atoms with Crippen molar-refractivity contribution in [2.45, 2.75) is 58.7 Å². The molecular formula is C10H20O. The first kappa shape index (κ1) is 9.05. The van der Waals surface area contributed by atoms with Crippen molar-refractivity contribution in [2.75, 3.05) is 0 Å². The molecule has 0 aromatic heterocycles. The van der Waals surface area contributed by atoms with Gasteiger partial charge in [0.1, 0.15) is 0 Å². The summed E-state index contributed by atoms with van der Waals surface area (Å²) in [4.78, 5) is 0. The molecule has 0 saturated carbocycles. The molecule has 1 rings (SSSR count). The molecule has 1 fully saturated rings. The van der Waals surface area contributed by atoms with Gasteiger partial charge >= 0.3 is 0 Å². The molecule has 1 heteroatoms. The Balaban J connectivity index is 2.23. The van der Waals surface area contributed by atoms with Gasteiger partial charge in [-0.1, -0.05) is 13.8 Å². The van der Waals surface area contributed by atoms with Crippen LogP contribution in [-0.4, -0.2) is 12.2 Å². The van der Waals surface area contributed by atoms with E-state index in [0.29, 0.717) is 12.2 Å². The number of rotatable bonds is 2. The summed E-state index contributed by atoms with van der Waals surface area (Å²) >= 11 is 0. The van der Waals surface area contributed by atoms with Gasteiger partial charge in [0.15, 0.2) is 0 Å². The van der Waals surface area contributed by atoms with Crippen LogP contribution in [0.4, 0.5) is 0 Å². The van der Waals surface area contributed by atoms with Gasteiger partial charge in [0.05, 0.1) is 12.2 Å². The van der Waals surface area contributed by atoms with E-state index in [9.17, 15) is 0 Å². The van der Waals surface area contributed by atoms with Crippen LogP contribution in [-0.2, 0) is 4.74 Å². The first-order valence-electron chi connectivity index (χ1n) is 4.84. The molecule has 1 saturated heterocycles. The second-order valence-electron chi connectivity index (χ2n) is 4.13. The maximum atomic E-state index is 5.80. The zero-order valence-electron chi connectivity index (χ0n) is 7.97. The van der Waals surface area contributed by atoms with Crippen molar-refractivity contribution in [2.24, 2.45) is 5.92 Å². The Hall–Kier alpha value is -0.0400. The lowest BCUT2D eigenvalue weighted by molar-refractivity contribution is -0.0483. The summed E-state index contributed by atoms with van der Waals surface area (Å²) in [6.07, 6.45) is 6.20. The molecule has 0 bridgehead atoms. The zero-order valence-corrected chi connectivity index (χ0v) is 7.97. The van der Waals surface area contributed by atoms with Crippen molar-refractivity contribution < 1.29 is 4.74 Å². The average molecular weight is 156 g/mol. The fraction of sp³-hybridized carbons (Fsp3) is 1.00. The third-order valence-electron chi connectivity index (χ3n) is 2.30. The normalized spacial score (nSPS) is 32.7. The number of hydrogen-bond acceptors (Lipinski definition) is 1. The van der Waals surface area contributed by atoms with Gasteiger partial charge in [-0.05, 0) is 38.5 Å². The van der Waals surface area contributed by atoms with Crippen molar-refractivity contribution >= 4 is 0 Å². The summed E-state index contributed by atoms with van der Waals surface area (Å²) in [6.45, 7) is 6.72. The van der Waals surface area contributed by atoms with E-state index in [1.54, 1.807) is 0 Å². The molecule has 1 aliphatic rings. The van der Waals surface area contributed by atoms with Crippen LogP contribution in [0.3, 0.4) is 0 Å². The van der Waals surface area contributed by atoms with E-state index < -0.39 is 0 Å². The molecule has 1 aliphatic heterocycles. The van der Waals surface area contributed by atoms with Gasteiger partial charge in [-0.2, -0.15) is 0 Å². The molecule has 0 spiro atoms. The summed E-state index contributed by atoms with van der Waals surface area (Å²) in [5.41, 5.74) is 0. The lowest BCUT2D eigenvalue weighted by Crippen LogP contribution is -2.26. The van der Waals surface area contributed by atoms with Crippen molar-refractivity contribution in [3.05, 3.63) is 0 Å². The highest BCUT2D eigenvalue weighted by molar-refractivity contribution is 4.69. The third kappa shape index (κ3) is 3.24. The molecule has 2 unspecified atom stereocenters. The quantitative estimate of drug-likeness (QED) is 0.597. The summed E-state index contributed by atoms with van der Waals surface area (Å²) in [7, 11) is 0. The van der Waals surface area contributed by atoms with Gasteiger partial charge in [-0.15, -0.1) is 0 Å². The van der Waals surface area contributed by atoms with E-state index in [4.69, 9.17) is 4.74 Å². The Morgan fingerprint density at radius 1 is 1.36 bits per heavy atom. The van der Waals surface area contributed by atoms with Crippen molar-refractivity contribution in [3.8, 4) is 0 Å². The molecule has 0 radical (unpaired) electrons. The largest absolute Gasteiger partial charge is 0.375 e. The second-order valence-corrected chi connectivity index (χ2v) is 4.13. The first-order chi connectivity index (χ1) is 5.18. The topological polar surface area (TPSA) is 9.23 Å². The van der Waals surface area contributed by atoms with Crippen LogP contribution in [0.15, 0.2) is 0 Å². The molecule has 0 aliphatic carbocycles. The van der Waals surface area contributed by atoms with Gasteiger partial charge in [0.2, 0.25) is 0 Å². The van der Waals surface area contributed by atoms with Gasteiger partial charge in [0, 0.05) is 0 Å². The molecule has 1 heterocycles. The van der Waals surface area contributed by atoms with Crippen LogP contribution in [0.1, 0.15) is 46.5 Å². The standard InChI is InChI=1S/C10H20O/c1-8(2)7-10-6-4-5-9(3)11-10/h8-10H,4-7H2,1-3H3. The van der Waals surface area contributed by atoms with Crippen LogP contribution < -0.4 is 0 Å². The van der Waals surface area contributed by atoms with Crippen molar-refractivity contribution in [3.63, 3.8) is 0 Å². The Bertz CT molecular complexity index is 107. The molecule has 0 aromatic carbocycles. The predicted molar refractivity (Wildman–Crippen MR) is 47.6 cm³/mol. The zero-order chi connectivity index (χ0) is 8.27. The van der Waals surface area contributed by atoms with E-state index in [0.717, 1.165) is 5.92 Å². The van der Waals surface area contributed by atoms with Crippen LogP contribution >= 0.6 is 0 Å². The highest BCUT2D eigenvalue weighted by Gasteiger charge is 2.19. The van der Waals surface area contributed by atoms with Gasteiger partial charge in [-0.3, -0.25) is 0 Å². The predicted octanol–water partition coefficient (Wildman–Crippen LogP) is 2.99. The van der Waals surface area contributed by atoms with E-state index in [-0.39, 0.29) is 0 Å². The number of ether oxygens (including phenoxy) is 1. The van der Waals surface area contributed by atoms with Crippen molar-refractivity contribution in [1.82, 2.24) is 0 Å². The van der Waals surface area contributed by atoms with Crippen LogP contribution in [0, 0.1) is 5.92 Å². The fourth-order valence-corrected chi connectivity index (χ4v) is 1.80. The SMILES string of the molecule is CC(C)CC1CCCC(C)O1. The Kier molecular flexibility index (Phi) is 3.38. The molecule has 0 amide bonds. The van der Waals surface area contributed by atoms with E-state index in [1.165, 1.54) is 25.7 Å². The second kappa shape index (κ2) is 4.10. The summed E-state index contributed by atoms with van der Waals surface area (Å²) in [6, 6.07) is 0. The highest BCUT2D eigenvalue weighted by atomic mass is 16.5.